The summed E-state index contributed by atoms with van der Waals surface area (Å²) in [5.41, 5.74) is 3.25. The molecule has 0 fully saturated rings. The van der Waals surface area contributed by atoms with Crippen molar-refractivity contribution in [2.75, 3.05) is 5.32 Å². The molecule has 0 aliphatic heterocycles. The molecule has 17 heavy (non-hydrogen) atoms. The van der Waals surface area contributed by atoms with Crippen LogP contribution in [0.3, 0.4) is 0 Å². The number of halogens is 1. The molecule has 0 saturated carbocycles. The van der Waals surface area contributed by atoms with Gasteiger partial charge >= 0.3 is 0 Å². The average Bonchev–Trinajstić information content (AvgIpc) is 2.28. The van der Waals surface area contributed by atoms with Crippen molar-refractivity contribution in [2.24, 2.45) is 0 Å². The fourth-order valence-electron chi connectivity index (χ4n) is 1.67. The maximum Gasteiger partial charge on any atom is 0.117 e. The Morgan fingerprint density at radius 2 is 2.00 bits per heavy atom. The first-order chi connectivity index (χ1) is 8.15. The van der Waals surface area contributed by atoms with Gasteiger partial charge in [-0.25, -0.2) is 0 Å². The van der Waals surface area contributed by atoms with Crippen molar-refractivity contribution in [1.29, 1.82) is 0 Å². The Morgan fingerprint density at radius 1 is 1.18 bits per heavy atom. The molecule has 0 aromatic heterocycles. The minimum atomic E-state index is 0.267. The number of aromatic hydroxyl groups is 1. The Kier molecular flexibility index (Phi) is 3.55. The quantitative estimate of drug-likeness (QED) is 0.860. The normalized spacial score (nSPS) is 10.2. The Balaban J connectivity index is 2.07. The lowest BCUT2D eigenvalue weighted by molar-refractivity contribution is 0.475. The van der Waals surface area contributed by atoms with E-state index in [1.165, 1.54) is 5.56 Å². The highest BCUT2D eigenvalue weighted by molar-refractivity contribution is 6.30. The van der Waals surface area contributed by atoms with Crippen LogP contribution in [0.15, 0.2) is 42.5 Å². The third-order valence-electron chi connectivity index (χ3n) is 2.63. The summed E-state index contributed by atoms with van der Waals surface area (Å²) in [6, 6.07) is 12.9. The van der Waals surface area contributed by atoms with Crippen molar-refractivity contribution in [1.82, 2.24) is 0 Å². The number of phenols is 1. The van der Waals surface area contributed by atoms with E-state index in [2.05, 4.69) is 5.32 Å². The lowest BCUT2D eigenvalue weighted by atomic mass is 10.1. The molecule has 0 aliphatic carbocycles. The van der Waals surface area contributed by atoms with E-state index in [0.29, 0.717) is 6.54 Å². The molecule has 0 aliphatic rings. The van der Waals surface area contributed by atoms with E-state index in [9.17, 15) is 5.11 Å². The second kappa shape index (κ2) is 5.11. The summed E-state index contributed by atoms with van der Waals surface area (Å²) in [4.78, 5) is 0. The molecule has 0 bridgehead atoms. The minimum Gasteiger partial charge on any atom is -0.508 e. The molecule has 2 aromatic rings. The van der Waals surface area contributed by atoms with Crippen LogP contribution in [0.4, 0.5) is 5.69 Å². The van der Waals surface area contributed by atoms with Crippen LogP contribution >= 0.6 is 11.6 Å². The third-order valence-corrected chi connectivity index (χ3v) is 2.87. The molecule has 88 valence electrons. The van der Waals surface area contributed by atoms with Crippen molar-refractivity contribution < 1.29 is 5.11 Å². The average molecular weight is 248 g/mol. The highest BCUT2D eigenvalue weighted by atomic mass is 35.5. The molecule has 3 heteroatoms. The molecule has 0 unspecified atom stereocenters. The van der Waals surface area contributed by atoms with Gasteiger partial charge in [-0.3, -0.25) is 0 Å². The van der Waals surface area contributed by atoms with Crippen LogP contribution in [0.5, 0.6) is 5.75 Å². The second-order valence-corrected chi connectivity index (χ2v) is 4.41. The van der Waals surface area contributed by atoms with Gasteiger partial charge in [0.25, 0.3) is 0 Å². The molecule has 0 spiro atoms. The molecule has 2 N–H and O–H groups in total. The maximum atomic E-state index is 9.34. The highest BCUT2D eigenvalue weighted by Gasteiger charge is 1.99. The van der Waals surface area contributed by atoms with Gasteiger partial charge in [-0.15, -0.1) is 0 Å². The van der Waals surface area contributed by atoms with Gasteiger partial charge in [0.05, 0.1) is 0 Å². The van der Waals surface area contributed by atoms with Gasteiger partial charge in [0.2, 0.25) is 0 Å². The van der Waals surface area contributed by atoms with Crippen LogP contribution in [0.2, 0.25) is 5.02 Å². The summed E-state index contributed by atoms with van der Waals surface area (Å²) in [6.07, 6.45) is 0. The lowest BCUT2D eigenvalue weighted by Gasteiger charge is -2.09. The van der Waals surface area contributed by atoms with Crippen LogP contribution in [-0.2, 0) is 6.54 Å². The van der Waals surface area contributed by atoms with Crippen molar-refractivity contribution >= 4 is 17.3 Å². The number of hydrogen-bond donors (Lipinski definition) is 2. The molecule has 0 heterocycles. The maximum absolute atomic E-state index is 9.34. The number of phenolic OH excluding ortho intramolecular Hbond substituents is 1. The van der Waals surface area contributed by atoms with Crippen molar-refractivity contribution in [2.45, 2.75) is 13.5 Å². The zero-order valence-corrected chi connectivity index (χ0v) is 10.3. The van der Waals surface area contributed by atoms with Crippen molar-refractivity contribution in [3.63, 3.8) is 0 Å². The molecule has 0 amide bonds. The summed E-state index contributed by atoms with van der Waals surface area (Å²) >= 11 is 5.90. The predicted molar refractivity (Wildman–Crippen MR) is 71.6 cm³/mol. The fourth-order valence-corrected chi connectivity index (χ4v) is 1.90. The van der Waals surface area contributed by atoms with Crippen LogP contribution < -0.4 is 5.32 Å². The summed E-state index contributed by atoms with van der Waals surface area (Å²) in [7, 11) is 0. The van der Waals surface area contributed by atoms with Crippen molar-refractivity contribution in [3.8, 4) is 5.75 Å². The summed E-state index contributed by atoms with van der Waals surface area (Å²) in [5, 5.41) is 13.4. The van der Waals surface area contributed by atoms with E-state index >= 15 is 0 Å². The number of nitrogens with one attached hydrogen (secondary N) is 1. The van der Waals surface area contributed by atoms with Gasteiger partial charge in [0.1, 0.15) is 5.75 Å². The van der Waals surface area contributed by atoms with Crippen LogP contribution in [0.25, 0.3) is 0 Å². The first-order valence-electron chi connectivity index (χ1n) is 5.43. The van der Waals surface area contributed by atoms with Gasteiger partial charge in [0, 0.05) is 23.3 Å². The van der Waals surface area contributed by atoms with Gasteiger partial charge in [-0.1, -0.05) is 23.7 Å². The zero-order chi connectivity index (χ0) is 12.3. The first kappa shape index (κ1) is 11.8. The third kappa shape index (κ3) is 3.14. The molecular weight excluding hydrogens is 234 g/mol. The molecule has 0 saturated heterocycles. The molecule has 0 atom stereocenters. The summed E-state index contributed by atoms with van der Waals surface area (Å²) < 4.78 is 0. The van der Waals surface area contributed by atoms with E-state index in [1.807, 2.05) is 37.3 Å². The van der Waals surface area contributed by atoms with Crippen molar-refractivity contribution in [3.05, 3.63) is 58.6 Å². The standard InChI is InChI=1S/C14H14ClNO/c1-10-7-12(15)6-5-11(10)9-16-13-3-2-4-14(17)8-13/h2-8,16-17H,9H2,1H3. The number of anilines is 1. The summed E-state index contributed by atoms with van der Waals surface area (Å²) in [5.74, 6) is 0.267. The Bertz CT molecular complexity index is 525. The lowest BCUT2D eigenvalue weighted by Crippen LogP contribution is -2.00. The Labute approximate surface area is 106 Å². The molecular formula is C14H14ClNO. The topological polar surface area (TPSA) is 32.3 Å². The van der Waals surface area contributed by atoms with Crippen LogP contribution in [0.1, 0.15) is 11.1 Å². The van der Waals surface area contributed by atoms with E-state index in [1.54, 1.807) is 12.1 Å². The predicted octanol–water partition coefficient (Wildman–Crippen LogP) is 3.97. The summed E-state index contributed by atoms with van der Waals surface area (Å²) in [6.45, 7) is 2.75. The monoisotopic (exact) mass is 247 g/mol. The highest BCUT2D eigenvalue weighted by Crippen LogP contribution is 2.19. The van der Waals surface area contributed by atoms with E-state index in [4.69, 9.17) is 11.6 Å². The fraction of sp³-hybridized carbons (Fsp3) is 0.143. The SMILES string of the molecule is Cc1cc(Cl)ccc1CNc1cccc(O)c1. The number of hydrogen-bond acceptors (Lipinski definition) is 2. The van der Waals surface area contributed by atoms with E-state index in [-0.39, 0.29) is 5.75 Å². The number of benzene rings is 2. The number of aryl methyl sites for hydroxylation is 1. The van der Waals surface area contributed by atoms with E-state index < -0.39 is 0 Å². The first-order valence-corrected chi connectivity index (χ1v) is 5.81. The van der Waals surface area contributed by atoms with Crippen LogP contribution in [0, 0.1) is 6.92 Å². The van der Waals surface area contributed by atoms with Gasteiger partial charge < -0.3 is 10.4 Å². The second-order valence-electron chi connectivity index (χ2n) is 3.97. The zero-order valence-electron chi connectivity index (χ0n) is 9.57. The van der Waals surface area contributed by atoms with Gasteiger partial charge in [-0.05, 0) is 42.3 Å². The van der Waals surface area contributed by atoms with Crippen LogP contribution in [-0.4, -0.2) is 5.11 Å². The molecule has 2 nitrogen and oxygen atoms in total. The van der Waals surface area contributed by atoms with E-state index in [0.717, 1.165) is 16.3 Å². The Morgan fingerprint density at radius 3 is 2.71 bits per heavy atom. The molecule has 0 radical (unpaired) electrons. The molecule has 2 aromatic carbocycles. The Hall–Kier alpha value is -1.67. The smallest absolute Gasteiger partial charge is 0.117 e. The molecule has 2 rings (SSSR count). The van der Waals surface area contributed by atoms with Gasteiger partial charge in [0.15, 0.2) is 0 Å². The largest absolute Gasteiger partial charge is 0.508 e. The number of rotatable bonds is 3. The minimum absolute atomic E-state index is 0.267. The van der Waals surface area contributed by atoms with Gasteiger partial charge in [-0.2, -0.15) is 0 Å².